The molecule has 0 aromatic heterocycles. The van der Waals surface area contributed by atoms with Crippen molar-refractivity contribution in [2.75, 3.05) is 4.90 Å². The van der Waals surface area contributed by atoms with Crippen LogP contribution in [0.3, 0.4) is 0 Å². The van der Waals surface area contributed by atoms with E-state index in [2.05, 4.69) is 5.32 Å². The number of ether oxygens (including phenoxy) is 1. The number of carboxylic acid groups (broad SMARTS) is 1. The summed E-state index contributed by atoms with van der Waals surface area (Å²) in [4.78, 5) is 37.1. The van der Waals surface area contributed by atoms with Gasteiger partial charge < -0.3 is 15.2 Å². The number of imide groups is 1. The Morgan fingerprint density at radius 1 is 1.03 bits per heavy atom. The summed E-state index contributed by atoms with van der Waals surface area (Å²) in [6.07, 6.45) is 1.57. The highest BCUT2D eigenvalue weighted by molar-refractivity contribution is 6.32. The van der Waals surface area contributed by atoms with Gasteiger partial charge in [0.25, 0.3) is 5.91 Å². The van der Waals surface area contributed by atoms with Crippen molar-refractivity contribution in [3.8, 4) is 5.75 Å². The number of carboxylic acids is 1. The van der Waals surface area contributed by atoms with Crippen molar-refractivity contribution < 1.29 is 24.2 Å². The first-order chi connectivity index (χ1) is 15.4. The Morgan fingerprint density at radius 2 is 1.78 bits per heavy atom. The fraction of sp³-hybridized carbons (Fsp3) is 0.0417. The highest BCUT2D eigenvalue weighted by Gasteiger charge is 2.34. The average molecular weight is 449 g/mol. The monoisotopic (exact) mass is 448 g/mol. The van der Waals surface area contributed by atoms with Crippen molar-refractivity contribution in [1.82, 2.24) is 5.32 Å². The molecule has 32 heavy (non-hydrogen) atoms. The summed E-state index contributed by atoms with van der Waals surface area (Å²) in [6.45, 7) is 0.213. The molecule has 1 fully saturated rings. The molecule has 160 valence electrons. The number of anilines is 1. The van der Waals surface area contributed by atoms with Crippen LogP contribution in [0.2, 0.25) is 5.02 Å². The van der Waals surface area contributed by atoms with Crippen molar-refractivity contribution in [1.29, 1.82) is 0 Å². The van der Waals surface area contributed by atoms with Crippen molar-refractivity contribution in [2.24, 2.45) is 0 Å². The summed E-state index contributed by atoms with van der Waals surface area (Å²) >= 11 is 5.96. The predicted molar refractivity (Wildman–Crippen MR) is 120 cm³/mol. The molecule has 3 aromatic carbocycles. The van der Waals surface area contributed by atoms with Gasteiger partial charge in [-0.15, -0.1) is 0 Å². The van der Waals surface area contributed by atoms with Gasteiger partial charge in [-0.2, -0.15) is 0 Å². The van der Waals surface area contributed by atoms with E-state index in [0.717, 1.165) is 10.5 Å². The smallest absolute Gasteiger partial charge is 0.335 e. The van der Waals surface area contributed by atoms with E-state index in [4.69, 9.17) is 21.4 Å². The summed E-state index contributed by atoms with van der Waals surface area (Å²) in [6, 6.07) is 19.4. The summed E-state index contributed by atoms with van der Waals surface area (Å²) < 4.78 is 5.71. The van der Waals surface area contributed by atoms with Crippen LogP contribution in [0.25, 0.3) is 6.08 Å². The fourth-order valence-corrected chi connectivity index (χ4v) is 3.36. The Balaban J connectivity index is 1.44. The lowest BCUT2D eigenvalue weighted by molar-refractivity contribution is -0.113. The first kappa shape index (κ1) is 21.1. The molecule has 0 saturated carbocycles. The average Bonchev–Trinajstić information content (AvgIpc) is 3.06. The van der Waals surface area contributed by atoms with Gasteiger partial charge in [-0.05, 0) is 59.7 Å². The molecule has 1 aliphatic heterocycles. The van der Waals surface area contributed by atoms with Gasteiger partial charge in [0.05, 0.1) is 11.3 Å². The Hall–Kier alpha value is -4.10. The molecule has 0 unspecified atom stereocenters. The summed E-state index contributed by atoms with van der Waals surface area (Å²) in [7, 11) is 0. The third-order valence-corrected chi connectivity index (χ3v) is 4.95. The molecule has 0 spiro atoms. The van der Waals surface area contributed by atoms with Gasteiger partial charge in [0.1, 0.15) is 18.1 Å². The van der Waals surface area contributed by atoms with E-state index in [1.54, 1.807) is 72.8 Å². The molecule has 1 saturated heterocycles. The number of carbonyl (C=O) groups excluding carboxylic acids is 2. The second-order valence-corrected chi connectivity index (χ2v) is 7.41. The lowest BCUT2D eigenvalue weighted by atomic mass is 10.1. The third-order valence-electron chi connectivity index (χ3n) is 4.72. The van der Waals surface area contributed by atoms with Crippen LogP contribution in [0, 0.1) is 0 Å². The molecule has 4 rings (SSSR count). The fourth-order valence-electron chi connectivity index (χ4n) is 3.17. The van der Waals surface area contributed by atoms with Crippen molar-refractivity contribution in [3.63, 3.8) is 0 Å². The van der Waals surface area contributed by atoms with Crippen LogP contribution in [0.4, 0.5) is 10.5 Å². The number of hydrogen-bond acceptors (Lipinski definition) is 4. The van der Waals surface area contributed by atoms with Gasteiger partial charge in [0.2, 0.25) is 0 Å². The number of rotatable bonds is 6. The van der Waals surface area contributed by atoms with Crippen LogP contribution in [0.15, 0.2) is 78.5 Å². The molecule has 1 heterocycles. The lowest BCUT2D eigenvalue weighted by Gasteiger charge is -2.11. The summed E-state index contributed by atoms with van der Waals surface area (Å²) in [5.41, 5.74) is 2.16. The number of nitrogens with zero attached hydrogens (tertiary/aromatic N) is 1. The Bertz CT molecular complexity index is 1240. The highest BCUT2D eigenvalue weighted by atomic mass is 35.5. The maximum Gasteiger partial charge on any atom is 0.335 e. The first-order valence-electron chi connectivity index (χ1n) is 9.58. The minimum atomic E-state index is -0.994. The van der Waals surface area contributed by atoms with Gasteiger partial charge in [-0.25, -0.2) is 14.5 Å². The minimum Gasteiger partial charge on any atom is -0.489 e. The minimum absolute atomic E-state index is 0.147. The van der Waals surface area contributed by atoms with Crippen molar-refractivity contribution >= 4 is 41.3 Å². The number of aromatic carboxylic acids is 1. The molecule has 0 atom stereocenters. The molecule has 1 aliphatic rings. The number of carbonyl (C=O) groups is 3. The van der Waals surface area contributed by atoms with Crippen molar-refractivity contribution in [2.45, 2.75) is 6.61 Å². The molecule has 0 bridgehead atoms. The zero-order valence-electron chi connectivity index (χ0n) is 16.6. The second-order valence-electron chi connectivity index (χ2n) is 6.97. The molecule has 3 aromatic rings. The Kier molecular flexibility index (Phi) is 5.91. The van der Waals surface area contributed by atoms with E-state index < -0.39 is 17.9 Å². The lowest BCUT2D eigenvalue weighted by Crippen LogP contribution is -2.30. The molecule has 0 radical (unpaired) electrons. The number of benzene rings is 3. The summed E-state index contributed by atoms with van der Waals surface area (Å²) in [5.74, 6) is -0.891. The quantitative estimate of drug-likeness (QED) is 0.420. The number of urea groups is 1. The largest absolute Gasteiger partial charge is 0.489 e. The van der Waals surface area contributed by atoms with Crippen LogP contribution in [-0.2, 0) is 11.4 Å². The van der Waals surface area contributed by atoms with Crippen LogP contribution < -0.4 is 15.0 Å². The molecule has 2 N–H and O–H groups in total. The van der Waals surface area contributed by atoms with Gasteiger partial charge >= 0.3 is 12.0 Å². The molecule has 7 nitrogen and oxygen atoms in total. The van der Waals surface area contributed by atoms with E-state index in [0.29, 0.717) is 22.0 Å². The Morgan fingerprint density at radius 3 is 2.50 bits per heavy atom. The summed E-state index contributed by atoms with van der Waals surface area (Å²) in [5, 5.41) is 12.1. The van der Waals surface area contributed by atoms with Crippen molar-refractivity contribution in [3.05, 3.63) is 100 Å². The maximum atomic E-state index is 12.7. The predicted octanol–water partition coefficient (Wildman–Crippen LogP) is 4.71. The molecular weight excluding hydrogens is 432 g/mol. The van der Waals surface area contributed by atoms with Gasteiger partial charge in [0.15, 0.2) is 0 Å². The first-order valence-corrected chi connectivity index (χ1v) is 9.96. The highest BCUT2D eigenvalue weighted by Crippen LogP contribution is 2.25. The van der Waals surface area contributed by atoms with Gasteiger partial charge in [0, 0.05) is 5.02 Å². The van der Waals surface area contributed by atoms with Gasteiger partial charge in [-0.1, -0.05) is 41.9 Å². The van der Waals surface area contributed by atoms with Crippen LogP contribution >= 0.6 is 11.6 Å². The molecule has 3 amide bonds. The third kappa shape index (κ3) is 4.63. The molecule has 0 aliphatic carbocycles. The number of amides is 3. The van der Waals surface area contributed by atoms with E-state index in [1.165, 1.54) is 6.07 Å². The van der Waals surface area contributed by atoms with E-state index in [-0.39, 0.29) is 17.9 Å². The normalized spacial score (nSPS) is 14.5. The SMILES string of the molecule is O=C(O)c1cccc(COc2ccc(C=C3NC(=O)N(c4cccc(Cl)c4)C3=O)cc2)c1. The number of nitrogens with one attached hydrogen (secondary N) is 1. The number of hydrogen-bond donors (Lipinski definition) is 2. The number of halogens is 1. The zero-order chi connectivity index (χ0) is 22.7. The topological polar surface area (TPSA) is 95.9 Å². The van der Waals surface area contributed by atoms with Crippen LogP contribution in [0.1, 0.15) is 21.5 Å². The van der Waals surface area contributed by atoms with E-state index in [1.807, 2.05) is 0 Å². The van der Waals surface area contributed by atoms with Crippen LogP contribution in [0.5, 0.6) is 5.75 Å². The van der Waals surface area contributed by atoms with Crippen LogP contribution in [-0.4, -0.2) is 23.0 Å². The maximum absolute atomic E-state index is 12.7. The second kappa shape index (κ2) is 8.95. The molecular formula is C24H17ClN2O5. The van der Waals surface area contributed by atoms with E-state index >= 15 is 0 Å². The molecule has 8 heteroatoms. The Labute approximate surface area is 188 Å². The standard InChI is InChI=1S/C24H17ClN2O5/c25-18-5-2-6-19(13-18)27-22(28)21(26-24(27)31)12-15-7-9-20(10-8-15)32-14-16-3-1-4-17(11-16)23(29)30/h1-13H,14H2,(H,26,31)(H,29,30). The van der Waals surface area contributed by atoms with E-state index in [9.17, 15) is 14.4 Å². The zero-order valence-corrected chi connectivity index (χ0v) is 17.4. The van der Waals surface area contributed by atoms with Gasteiger partial charge in [-0.3, -0.25) is 4.79 Å².